The van der Waals surface area contributed by atoms with Crippen LogP contribution in [0.5, 0.6) is 0 Å². The Hall–Kier alpha value is -2.82. The molecule has 130 valence electrons. The van der Waals surface area contributed by atoms with Gasteiger partial charge in [0.2, 0.25) is 5.91 Å². The van der Waals surface area contributed by atoms with Crippen molar-refractivity contribution in [3.05, 3.63) is 59.2 Å². The zero-order valence-electron chi connectivity index (χ0n) is 14.8. The molecule has 0 aromatic heterocycles. The summed E-state index contributed by atoms with van der Waals surface area (Å²) >= 11 is 0. The van der Waals surface area contributed by atoms with Crippen molar-refractivity contribution >= 4 is 23.3 Å². The highest BCUT2D eigenvalue weighted by molar-refractivity contribution is 5.97. The third kappa shape index (κ3) is 3.99. The smallest absolute Gasteiger partial charge is 0.319 e. The second-order valence-corrected chi connectivity index (χ2v) is 6.66. The highest BCUT2D eigenvalue weighted by Gasteiger charge is 2.31. The van der Waals surface area contributed by atoms with E-state index in [-0.39, 0.29) is 18.0 Å². The topological polar surface area (TPSA) is 61.4 Å². The van der Waals surface area contributed by atoms with E-state index in [0.717, 1.165) is 28.1 Å². The number of benzene rings is 2. The summed E-state index contributed by atoms with van der Waals surface area (Å²) in [5, 5.41) is 5.76. The van der Waals surface area contributed by atoms with Gasteiger partial charge in [-0.2, -0.15) is 0 Å². The van der Waals surface area contributed by atoms with E-state index >= 15 is 0 Å². The molecule has 0 aliphatic carbocycles. The zero-order chi connectivity index (χ0) is 18.0. The molecule has 5 nitrogen and oxygen atoms in total. The van der Waals surface area contributed by atoms with Crippen LogP contribution in [0.2, 0.25) is 0 Å². The largest absolute Gasteiger partial charge is 0.333 e. The third-order valence-electron chi connectivity index (χ3n) is 4.44. The molecule has 2 aromatic carbocycles. The van der Waals surface area contributed by atoms with Gasteiger partial charge < -0.3 is 15.5 Å². The molecule has 1 fully saturated rings. The first kappa shape index (κ1) is 17.0. The minimum Gasteiger partial charge on any atom is -0.333 e. The van der Waals surface area contributed by atoms with Gasteiger partial charge in [0.15, 0.2) is 0 Å². The van der Waals surface area contributed by atoms with Crippen molar-refractivity contribution in [1.29, 1.82) is 0 Å². The summed E-state index contributed by atoms with van der Waals surface area (Å²) in [5.74, 6) is 0.0284. The van der Waals surface area contributed by atoms with Crippen LogP contribution in [0, 0.1) is 20.8 Å². The van der Waals surface area contributed by atoms with E-state index in [1.165, 1.54) is 0 Å². The Kier molecular flexibility index (Phi) is 4.74. The van der Waals surface area contributed by atoms with E-state index in [2.05, 4.69) is 10.6 Å². The lowest BCUT2D eigenvalue weighted by molar-refractivity contribution is -0.117. The van der Waals surface area contributed by atoms with Gasteiger partial charge in [0.1, 0.15) is 0 Å². The van der Waals surface area contributed by atoms with Crippen LogP contribution in [0.3, 0.4) is 0 Å². The Morgan fingerprint density at radius 3 is 2.40 bits per heavy atom. The van der Waals surface area contributed by atoms with E-state index in [1.54, 1.807) is 4.90 Å². The number of nitrogens with one attached hydrogen (secondary N) is 2. The van der Waals surface area contributed by atoms with Crippen molar-refractivity contribution in [2.24, 2.45) is 0 Å². The fraction of sp³-hybridized carbons (Fsp3) is 0.300. The molecule has 1 heterocycles. The molecule has 5 heteroatoms. The number of carbonyl (C=O) groups excluding carboxylic acids is 2. The Morgan fingerprint density at radius 2 is 1.72 bits per heavy atom. The number of anilines is 2. The van der Waals surface area contributed by atoms with Crippen molar-refractivity contribution in [1.82, 2.24) is 5.32 Å². The second-order valence-electron chi connectivity index (χ2n) is 6.66. The number of nitrogens with zero attached hydrogens (tertiary/aromatic N) is 1. The van der Waals surface area contributed by atoms with Gasteiger partial charge in [-0.25, -0.2) is 4.79 Å². The molecule has 0 radical (unpaired) electrons. The maximum Gasteiger partial charge on any atom is 0.319 e. The van der Waals surface area contributed by atoms with Crippen LogP contribution in [0.15, 0.2) is 42.5 Å². The van der Waals surface area contributed by atoms with Crippen molar-refractivity contribution in [2.45, 2.75) is 33.2 Å². The van der Waals surface area contributed by atoms with Gasteiger partial charge in [-0.05, 0) is 44.5 Å². The number of carbonyl (C=O) groups is 2. The fourth-order valence-electron chi connectivity index (χ4n) is 3.08. The van der Waals surface area contributed by atoms with Crippen molar-refractivity contribution < 1.29 is 9.59 Å². The van der Waals surface area contributed by atoms with Crippen LogP contribution >= 0.6 is 0 Å². The average molecular weight is 337 g/mol. The van der Waals surface area contributed by atoms with E-state index in [9.17, 15) is 9.59 Å². The van der Waals surface area contributed by atoms with E-state index in [4.69, 9.17) is 0 Å². The normalized spacial score (nSPS) is 16.8. The maximum atomic E-state index is 12.3. The number of urea groups is 1. The van der Waals surface area contributed by atoms with Gasteiger partial charge in [-0.1, -0.05) is 35.4 Å². The summed E-state index contributed by atoms with van der Waals surface area (Å²) in [5.41, 5.74) is 4.97. The Labute approximate surface area is 148 Å². The summed E-state index contributed by atoms with van der Waals surface area (Å²) in [6.07, 6.45) is 0.314. The quantitative estimate of drug-likeness (QED) is 0.900. The van der Waals surface area contributed by atoms with E-state index < -0.39 is 0 Å². The summed E-state index contributed by atoms with van der Waals surface area (Å²) < 4.78 is 0. The van der Waals surface area contributed by atoms with E-state index in [0.29, 0.717) is 13.0 Å². The summed E-state index contributed by atoms with van der Waals surface area (Å²) in [4.78, 5) is 26.2. The fourth-order valence-corrected chi connectivity index (χ4v) is 3.08. The van der Waals surface area contributed by atoms with Gasteiger partial charge in [0.25, 0.3) is 0 Å². The van der Waals surface area contributed by atoms with Crippen molar-refractivity contribution in [2.75, 3.05) is 16.8 Å². The standard InChI is InChI=1S/C20H23N3O2/c1-13-4-7-17(8-5-13)23-12-16(11-19(23)24)21-20(25)22-18-9-6-14(2)10-15(18)3/h4-10,16H,11-12H2,1-3H3,(H2,21,22,25)/t16-/m1/s1. The lowest BCUT2D eigenvalue weighted by atomic mass is 10.1. The van der Waals surface area contributed by atoms with Gasteiger partial charge in [0.05, 0.1) is 6.04 Å². The first-order valence-corrected chi connectivity index (χ1v) is 8.44. The van der Waals surface area contributed by atoms with Crippen LogP contribution in [0.25, 0.3) is 0 Å². The first-order valence-electron chi connectivity index (χ1n) is 8.44. The molecule has 0 bridgehead atoms. The molecule has 3 amide bonds. The number of hydrogen-bond donors (Lipinski definition) is 2. The molecule has 1 aliphatic rings. The lowest BCUT2D eigenvalue weighted by Gasteiger charge is -2.18. The predicted molar refractivity (Wildman–Crippen MR) is 100 cm³/mol. The first-order chi connectivity index (χ1) is 11.9. The summed E-state index contributed by atoms with van der Waals surface area (Å²) in [6, 6.07) is 13.2. The van der Waals surface area contributed by atoms with Gasteiger partial charge in [-0.15, -0.1) is 0 Å². The van der Waals surface area contributed by atoms with E-state index in [1.807, 2.05) is 63.2 Å². The number of aryl methyl sites for hydroxylation is 3. The molecule has 25 heavy (non-hydrogen) atoms. The molecule has 1 saturated heterocycles. The van der Waals surface area contributed by atoms with Crippen LogP contribution in [-0.4, -0.2) is 24.5 Å². The molecule has 1 aliphatic heterocycles. The van der Waals surface area contributed by atoms with Crippen molar-refractivity contribution in [3.8, 4) is 0 Å². The molecule has 2 aromatic rings. The second kappa shape index (κ2) is 6.97. The Bertz CT molecular complexity index is 799. The van der Waals surface area contributed by atoms with Crippen molar-refractivity contribution in [3.63, 3.8) is 0 Å². The van der Waals surface area contributed by atoms with Crippen LogP contribution in [0.4, 0.5) is 16.2 Å². The SMILES string of the molecule is Cc1ccc(N2C[C@H](NC(=O)Nc3ccc(C)cc3C)CC2=O)cc1. The molecule has 0 spiro atoms. The van der Waals surface area contributed by atoms with Crippen LogP contribution in [-0.2, 0) is 4.79 Å². The van der Waals surface area contributed by atoms with Gasteiger partial charge in [0, 0.05) is 24.3 Å². The molecular weight excluding hydrogens is 314 g/mol. The zero-order valence-corrected chi connectivity index (χ0v) is 14.8. The van der Waals surface area contributed by atoms with Crippen LogP contribution < -0.4 is 15.5 Å². The Morgan fingerprint density at radius 1 is 1.04 bits per heavy atom. The third-order valence-corrected chi connectivity index (χ3v) is 4.44. The average Bonchev–Trinajstić information content (AvgIpc) is 2.91. The van der Waals surface area contributed by atoms with Gasteiger partial charge in [-0.3, -0.25) is 4.79 Å². The minimum atomic E-state index is -0.282. The monoisotopic (exact) mass is 337 g/mol. The molecule has 3 rings (SSSR count). The number of rotatable bonds is 3. The minimum absolute atomic E-state index is 0.0284. The molecular formula is C20H23N3O2. The lowest BCUT2D eigenvalue weighted by Crippen LogP contribution is -2.39. The highest BCUT2D eigenvalue weighted by Crippen LogP contribution is 2.22. The Balaban J connectivity index is 1.61. The summed E-state index contributed by atoms with van der Waals surface area (Å²) in [6.45, 7) is 6.47. The number of amides is 3. The summed E-state index contributed by atoms with van der Waals surface area (Å²) in [7, 11) is 0. The highest BCUT2D eigenvalue weighted by atomic mass is 16.2. The van der Waals surface area contributed by atoms with Crippen LogP contribution in [0.1, 0.15) is 23.1 Å². The van der Waals surface area contributed by atoms with Gasteiger partial charge >= 0.3 is 6.03 Å². The molecule has 0 saturated carbocycles. The maximum absolute atomic E-state index is 12.3. The number of hydrogen-bond acceptors (Lipinski definition) is 2. The molecule has 0 unspecified atom stereocenters. The predicted octanol–water partition coefficient (Wildman–Crippen LogP) is 3.54. The molecule has 1 atom stereocenters. The molecule has 2 N–H and O–H groups in total.